The molecule has 2 heterocycles. The molecule has 3 rings (SSSR count). The number of benzene rings is 1. The minimum Gasteiger partial charge on any atom is -0.357 e. The Morgan fingerprint density at radius 2 is 2.32 bits per heavy atom. The van der Waals surface area contributed by atoms with Crippen LogP contribution < -0.4 is 5.32 Å². The molecular formula is C16H21FN4O. The molecule has 2 aromatic rings. The molecule has 0 saturated carbocycles. The Hall–Kier alpha value is -2.08. The lowest BCUT2D eigenvalue weighted by molar-refractivity contribution is 0.190. The van der Waals surface area contributed by atoms with E-state index in [2.05, 4.69) is 22.2 Å². The standard InChI is InChI=1S/C16H21FN4O/c1-20-6-5-14(10-20)21(2)16(22)18-9-13-8-11-7-12(17)3-4-15(11)19-13/h3-4,7-8,14,19H,5-6,9-10H2,1-2H3,(H,18,22)/t14-/m1/s1. The van der Waals surface area contributed by atoms with Gasteiger partial charge in [-0.3, -0.25) is 0 Å². The second-order valence-electron chi connectivity index (χ2n) is 6.00. The zero-order chi connectivity index (χ0) is 15.7. The third-order valence-electron chi connectivity index (χ3n) is 4.30. The van der Waals surface area contributed by atoms with Crippen LogP contribution in [0.1, 0.15) is 12.1 Å². The van der Waals surface area contributed by atoms with E-state index in [4.69, 9.17) is 0 Å². The highest BCUT2D eigenvalue weighted by Gasteiger charge is 2.26. The number of carbonyl (C=O) groups is 1. The van der Waals surface area contributed by atoms with Gasteiger partial charge in [-0.25, -0.2) is 9.18 Å². The van der Waals surface area contributed by atoms with Crippen molar-refractivity contribution in [3.8, 4) is 0 Å². The number of carbonyl (C=O) groups excluding carboxylic acids is 1. The number of nitrogens with zero attached hydrogens (tertiary/aromatic N) is 2. The molecule has 118 valence electrons. The molecule has 0 bridgehead atoms. The summed E-state index contributed by atoms with van der Waals surface area (Å²) in [6.45, 7) is 2.34. The number of amides is 2. The van der Waals surface area contributed by atoms with Crippen LogP contribution in [0.2, 0.25) is 0 Å². The second kappa shape index (κ2) is 5.96. The maximum absolute atomic E-state index is 13.2. The predicted octanol–water partition coefficient (Wildman–Crippen LogP) is 2.15. The Morgan fingerprint density at radius 1 is 1.50 bits per heavy atom. The van der Waals surface area contributed by atoms with Crippen LogP contribution in [-0.2, 0) is 6.54 Å². The van der Waals surface area contributed by atoms with Gasteiger partial charge in [0.1, 0.15) is 5.82 Å². The summed E-state index contributed by atoms with van der Waals surface area (Å²) in [6, 6.07) is 6.66. The zero-order valence-corrected chi connectivity index (χ0v) is 12.9. The fourth-order valence-corrected chi connectivity index (χ4v) is 2.95. The van der Waals surface area contributed by atoms with E-state index in [0.717, 1.165) is 36.1 Å². The van der Waals surface area contributed by atoms with Gasteiger partial charge in [-0.1, -0.05) is 0 Å². The molecule has 2 amide bonds. The van der Waals surface area contributed by atoms with Crippen molar-refractivity contribution in [2.45, 2.75) is 19.0 Å². The number of nitrogens with one attached hydrogen (secondary N) is 2. The molecule has 5 nitrogen and oxygen atoms in total. The van der Waals surface area contributed by atoms with Gasteiger partial charge in [0.25, 0.3) is 0 Å². The number of aromatic nitrogens is 1. The number of aromatic amines is 1. The highest BCUT2D eigenvalue weighted by Crippen LogP contribution is 2.17. The number of rotatable bonds is 3. The van der Waals surface area contributed by atoms with Crippen molar-refractivity contribution < 1.29 is 9.18 Å². The van der Waals surface area contributed by atoms with Crippen LogP contribution in [0.25, 0.3) is 10.9 Å². The van der Waals surface area contributed by atoms with E-state index < -0.39 is 0 Å². The largest absolute Gasteiger partial charge is 0.357 e. The van der Waals surface area contributed by atoms with Gasteiger partial charge in [-0.05, 0) is 44.3 Å². The number of halogens is 1. The molecule has 1 aromatic heterocycles. The Bertz CT molecular complexity index is 684. The summed E-state index contributed by atoms with van der Waals surface area (Å²) in [5.74, 6) is -0.257. The first-order valence-electron chi connectivity index (χ1n) is 7.49. The third kappa shape index (κ3) is 3.06. The molecule has 1 aliphatic rings. The molecule has 2 N–H and O–H groups in total. The van der Waals surface area contributed by atoms with Gasteiger partial charge in [-0.2, -0.15) is 0 Å². The van der Waals surface area contributed by atoms with Crippen LogP contribution in [0, 0.1) is 5.82 Å². The topological polar surface area (TPSA) is 51.4 Å². The second-order valence-corrected chi connectivity index (χ2v) is 6.00. The van der Waals surface area contributed by atoms with Crippen LogP contribution in [-0.4, -0.2) is 54.0 Å². The maximum atomic E-state index is 13.2. The van der Waals surface area contributed by atoms with Gasteiger partial charge in [0, 0.05) is 36.2 Å². The van der Waals surface area contributed by atoms with E-state index in [-0.39, 0.29) is 17.9 Å². The molecule has 0 unspecified atom stereocenters. The average Bonchev–Trinajstić information content (AvgIpc) is 3.09. The van der Waals surface area contributed by atoms with Gasteiger partial charge in [0.15, 0.2) is 0 Å². The van der Waals surface area contributed by atoms with E-state index >= 15 is 0 Å². The van der Waals surface area contributed by atoms with Crippen LogP contribution in [0.5, 0.6) is 0 Å². The molecule has 1 atom stereocenters. The fraction of sp³-hybridized carbons (Fsp3) is 0.438. The summed E-state index contributed by atoms with van der Waals surface area (Å²) in [6.07, 6.45) is 1.01. The highest BCUT2D eigenvalue weighted by molar-refractivity contribution is 5.80. The summed E-state index contributed by atoms with van der Waals surface area (Å²) in [5.41, 5.74) is 1.74. The number of likely N-dealkylation sites (tertiary alicyclic amines) is 1. The number of hydrogen-bond donors (Lipinski definition) is 2. The summed E-state index contributed by atoms with van der Waals surface area (Å²) >= 11 is 0. The Kier molecular flexibility index (Phi) is 4.02. The normalized spacial score (nSPS) is 18.8. The minimum atomic E-state index is -0.257. The third-order valence-corrected chi connectivity index (χ3v) is 4.30. The van der Waals surface area contributed by atoms with E-state index in [9.17, 15) is 9.18 Å². The molecule has 1 fully saturated rings. The lowest BCUT2D eigenvalue weighted by Gasteiger charge is -2.24. The number of likely N-dealkylation sites (N-methyl/N-ethyl adjacent to an activating group) is 2. The highest BCUT2D eigenvalue weighted by atomic mass is 19.1. The van der Waals surface area contributed by atoms with Gasteiger partial charge in [0.05, 0.1) is 6.54 Å². The van der Waals surface area contributed by atoms with Crippen LogP contribution in [0.15, 0.2) is 24.3 Å². The molecule has 0 aliphatic carbocycles. The Labute approximate surface area is 129 Å². The first-order chi connectivity index (χ1) is 10.5. The minimum absolute atomic E-state index is 0.0786. The molecule has 22 heavy (non-hydrogen) atoms. The molecule has 1 aromatic carbocycles. The lowest BCUT2D eigenvalue weighted by atomic mass is 10.2. The number of H-pyrrole nitrogens is 1. The van der Waals surface area contributed by atoms with Crippen LogP contribution in [0.3, 0.4) is 0 Å². The first kappa shape index (κ1) is 14.8. The number of urea groups is 1. The van der Waals surface area contributed by atoms with Gasteiger partial charge in [-0.15, -0.1) is 0 Å². The van der Waals surface area contributed by atoms with Gasteiger partial charge >= 0.3 is 6.03 Å². The van der Waals surface area contributed by atoms with Crippen molar-refractivity contribution in [3.05, 3.63) is 35.8 Å². The average molecular weight is 304 g/mol. The van der Waals surface area contributed by atoms with E-state index in [0.29, 0.717) is 6.54 Å². The SMILES string of the molecule is CN1CC[C@@H](N(C)C(=O)NCc2cc3cc(F)ccc3[nH]2)C1. The van der Waals surface area contributed by atoms with Crippen molar-refractivity contribution in [3.63, 3.8) is 0 Å². The van der Waals surface area contributed by atoms with Gasteiger partial charge in [0.2, 0.25) is 0 Å². The van der Waals surface area contributed by atoms with Crippen molar-refractivity contribution in [2.75, 3.05) is 27.2 Å². The molecule has 0 radical (unpaired) electrons. The van der Waals surface area contributed by atoms with Crippen molar-refractivity contribution >= 4 is 16.9 Å². The summed E-state index contributed by atoms with van der Waals surface area (Å²) in [5, 5.41) is 3.72. The maximum Gasteiger partial charge on any atom is 0.317 e. The Morgan fingerprint density at radius 3 is 3.05 bits per heavy atom. The van der Waals surface area contributed by atoms with E-state index in [1.165, 1.54) is 12.1 Å². The first-order valence-corrected chi connectivity index (χ1v) is 7.49. The smallest absolute Gasteiger partial charge is 0.317 e. The Balaban J connectivity index is 1.59. The predicted molar refractivity (Wildman–Crippen MR) is 84.2 cm³/mol. The molecular weight excluding hydrogens is 283 g/mol. The van der Waals surface area contributed by atoms with Crippen molar-refractivity contribution in [1.29, 1.82) is 0 Å². The summed E-state index contributed by atoms with van der Waals surface area (Å²) < 4.78 is 13.2. The fourth-order valence-electron chi connectivity index (χ4n) is 2.95. The van der Waals surface area contributed by atoms with E-state index in [1.54, 1.807) is 11.0 Å². The molecule has 1 saturated heterocycles. The summed E-state index contributed by atoms with van der Waals surface area (Å²) in [7, 11) is 3.90. The zero-order valence-electron chi connectivity index (χ0n) is 12.9. The molecule has 1 aliphatic heterocycles. The monoisotopic (exact) mass is 304 g/mol. The van der Waals surface area contributed by atoms with Crippen LogP contribution in [0.4, 0.5) is 9.18 Å². The number of hydrogen-bond acceptors (Lipinski definition) is 2. The van der Waals surface area contributed by atoms with Crippen molar-refractivity contribution in [1.82, 2.24) is 20.1 Å². The quantitative estimate of drug-likeness (QED) is 0.913. The summed E-state index contributed by atoms with van der Waals surface area (Å²) in [4.78, 5) is 19.4. The van der Waals surface area contributed by atoms with Crippen molar-refractivity contribution in [2.24, 2.45) is 0 Å². The van der Waals surface area contributed by atoms with Crippen LogP contribution >= 0.6 is 0 Å². The van der Waals surface area contributed by atoms with E-state index in [1.807, 2.05) is 13.1 Å². The van der Waals surface area contributed by atoms with Gasteiger partial charge < -0.3 is 20.1 Å². The molecule has 0 spiro atoms. The lowest BCUT2D eigenvalue weighted by Crippen LogP contribution is -2.44. The molecule has 6 heteroatoms. The number of fused-ring (bicyclic) bond motifs is 1.